The van der Waals surface area contributed by atoms with Crippen LogP contribution in [0.3, 0.4) is 0 Å². The summed E-state index contributed by atoms with van der Waals surface area (Å²) in [6.45, 7) is 2.36. The molecule has 2 N–H and O–H groups in total. The van der Waals surface area contributed by atoms with Crippen molar-refractivity contribution >= 4 is 28.1 Å². The van der Waals surface area contributed by atoms with Gasteiger partial charge in [-0.05, 0) is 24.4 Å². The normalized spacial score (nSPS) is 9.83. The number of rotatable bonds is 4. The predicted molar refractivity (Wildman–Crippen MR) is 70.2 cm³/mol. The third-order valence-corrected chi connectivity index (χ3v) is 2.70. The average Bonchev–Trinajstić information content (AvgIpc) is 2.84. The van der Waals surface area contributed by atoms with Crippen LogP contribution in [0.5, 0.6) is 6.01 Å². The third kappa shape index (κ3) is 3.42. The minimum atomic E-state index is -0.329. The van der Waals surface area contributed by atoms with Gasteiger partial charge >= 0.3 is 12.0 Å². The molecule has 94 valence electrons. The second kappa shape index (κ2) is 5.97. The maximum atomic E-state index is 11.6. The van der Waals surface area contributed by atoms with Crippen molar-refractivity contribution in [3.8, 4) is 6.01 Å². The predicted octanol–water partition coefficient (Wildman–Crippen LogP) is 2.58. The van der Waals surface area contributed by atoms with E-state index in [4.69, 9.17) is 4.74 Å². The molecular formula is C11H12N4O2S. The van der Waals surface area contributed by atoms with Gasteiger partial charge in [0.1, 0.15) is 0 Å². The largest absolute Gasteiger partial charge is 0.464 e. The number of thiophene rings is 1. The van der Waals surface area contributed by atoms with Crippen LogP contribution in [0.15, 0.2) is 29.9 Å². The molecule has 0 saturated carbocycles. The first-order valence-electron chi connectivity index (χ1n) is 5.34. The van der Waals surface area contributed by atoms with Gasteiger partial charge in [0.15, 0.2) is 0 Å². The lowest BCUT2D eigenvalue weighted by Crippen LogP contribution is -2.19. The Morgan fingerprint density at radius 2 is 2.17 bits per heavy atom. The zero-order chi connectivity index (χ0) is 12.8. The van der Waals surface area contributed by atoms with Crippen molar-refractivity contribution in [1.82, 2.24) is 9.97 Å². The Morgan fingerprint density at radius 3 is 2.78 bits per heavy atom. The molecule has 2 amide bonds. The summed E-state index contributed by atoms with van der Waals surface area (Å²) in [7, 11) is 0. The fourth-order valence-electron chi connectivity index (χ4n) is 1.21. The van der Waals surface area contributed by atoms with E-state index in [-0.39, 0.29) is 6.03 Å². The van der Waals surface area contributed by atoms with Crippen LogP contribution < -0.4 is 15.4 Å². The number of ether oxygens (including phenoxy) is 1. The summed E-state index contributed by atoms with van der Waals surface area (Å²) < 4.78 is 5.10. The van der Waals surface area contributed by atoms with Crippen LogP contribution in [0.4, 0.5) is 15.5 Å². The quantitative estimate of drug-likeness (QED) is 0.889. The van der Waals surface area contributed by atoms with Crippen molar-refractivity contribution in [3.63, 3.8) is 0 Å². The maximum Gasteiger partial charge on any atom is 0.324 e. The van der Waals surface area contributed by atoms with Gasteiger partial charge in [-0.3, -0.25) is 5.32 Å². The van der Waals surface area contributed by atoms with Gasteiger partial charge in [0.25, 0.3) is 0 Å². The molecule has 0 atom stereocenters. The monoisotopic (exact) mass is 264 g/mol. The van der Waals surface area contributed by atoms with Gasteiger partial charge in [0.05, 0.1) is 29.7 Å². The Balaban J connectivity index is 1.90. The summed E-state index contributed by atoms with van der Waals surface area (Å²) in [5.41, 5.74) is 0.507. The highest BCUT2D eigenvalue weighted by atomic mass is 32.1. The summed E-state index contributed by atoms with van der Waals surface area (Å²) in [4.78, 5) is 19.5. The van der Waals surface area contributed by atoms with Crippen molar-refractivity contribution in [3.05, 3.63) is 29.9 Å². The molecule has 2 heterocycles. The topological polar surface area (TPSA) is 76.1 Å². The number of carbonyl (C=O) groups excluding carboxylic acids is 1. The molecule has 0 spiro atoms. The highest BCUT2D eigenvalue weighted by Crippen LogP contribution is 2.15. The molecule has 2 aromatic heterocycles. The molecule has 0 bridgehead atoms. The van der Waals surface area contributed by atoms with E-state index < -0.39 is 0 Å². The van der Waals surface area contributed by atoms with Crippen molar-refractivity contribution in [2.24, 2.45) is 0 Å². The summed E-state index contributed by atoms with van der Waals surface area (Å²) in [6.07, 6.45) is 2.98. The zero-order valence-electron chi connectivity index (χ0n) is 9.71. The third-order valence-electron chi connectivity index (χ3n) is 1.92. The van der Waals surface area contributed by atoms with E-state index >= 15 is 0 Å². The molecule has 0 fully saturated rings. The molecule has 0 saturated heterocycles. The van der Waals surface area contributed by atoms with E-state index in [1.807, 2.05) is 24.4 Å². The van der Waals surface area contributed by atoms with Crippen LogP contribution in [-0.2, 0) is 0 Å². The van der Waals surface area contributed by atoms with Crippen LogP contribution in [0.2, 0.25) is 0 Å². The van der Waals surface area contributed by atoms with E-state index in [1.165, 1.54) is 23.7 Å². The van der Waals surface area contributed by atoms with Crippen LogP contribution in [0.1, 0.15) is 6.92 Å². The molecule has 0 aliphatic heterocycles. The average molecular weight is 264 g/mol. The van der Waals surface area contributed by atoms with Crippen molar-refractivity contribution < 1.29 is 9.53 Å². The number of hydrogen-bond acceptors (Lipinski definition) is 5. The fourth-order valence-corrected chi connectivity index (χ4v) is 1.82. The highest BCUT2D eigenvalue weighted by molar-refractivity contribution is 7.14. The van der Waals surface area contributed by atoms with Gasteiger partial charge in [-0.15, -0.1) is 11.3 Å². The first-order chi connectivity index (χ1) is 8.78. The summed E-state index contributed by atoms with van der Waals surface area (Å²) in [5, 5.41) is 7.98. The van der Waals surface area contributed by atoms with Crippen LogP contribution in [0.25, 0.3) is 0 Å². The molecule has 0 unspecified atom stereocenters. The van der Waals surface area contributed by atoms with E-state index in [0.29, 0.717) is 18.3 Å². The maximum absolute atomic E-state index is 11.6. The molecule has 0 aliphatic rings. The van der Waals surface area contributed by atoms with Gasteiger partial charge in [0.2, 0.25) is 0 Å². The lowest BCUT2D eigenvalue weighted by atomic mass is 10.5. The number of anilines is 2. The lowest BCUT2D eigenvalue weighted by molar-refractivity contribution is 0.262. The van der Waals surface area contributed by atoms with Gasteiger partial charge in [-0.1, -0.05) is 0 Å². The van der Waals surface area contributed by atoms with Gasteiger partial charge in [-0.25, -0.2) is 14.8 Å². The minimum Gasteiger partial charge on any atom is -0.464 e. The zero-order valence-corrected chi connectivity index (χ0v) is 10.5. The molecule has 18 heavy (non-hydrogen) atoms. The molecule has 2 aromatic rings. The van der Waals surface area contributed by atoms with Gasteiger partial charge in [0, 0.05) is 0 Å². The van der Waals surface area contributed by atoms with E-state index in [2.05, 4.69) is 20.6 Å². The molecule has 0 aromatic carbocycles. The standard InChI is InChI=1S/C11H12N4O2S/c1-2-17-11-12-6-8(7-13-11)14-10(16)15-9-4-3-5-18-9/h3-7H,2H2,1H3,(H2,14,15,16). The Hall–Kier alpha value is -2.15. The second-order valence-electron chi connectivity index (χ2n) is 3.24. The van der Waals surface area contributed by atoms with Crippen LogP contribution in [0, 0.1) is 0 Å². The van der Waals surface area contributed by atoms with Gasteiger partial charge < -0.3 is 10.1 Å². The molecule has 2 rings (SSSR count). The lowest BCUT2D eigenvalue weighted by Gasteiger charge is -2.05. The summed E-state index contributed by atoms with van der Waals surface area (Å²) in [6, 6.07) is 3.64. The number of carbonyl (C=O) groups is 1. The Kier molecular flexibility index (Phi) is 4.08. The van der Waals surface area contributed by atoms with Gasteiger partial charge in [-0.2, -0.15) is 0 Å². The SMILES string of the molecule is CCOc1ncc(NC(=O)Nc2cccs2)cn1. The summed E-state index contributed by atoms with van der Waals surface area (Å²) in [5.74, 6) is 0. The molecule has 0 aliphatic carbocycles. The highest BCUT2D eigenvalue weighted by Gasteiger charge is 2.04. The Labute approximate surface area is 108 Å². The first-order valence-corrected chi connectivity index (χ1v) is 6.22. The smallest absolute Gasteiger partial charge is 0.324 e. The minimum absolute atomic E-state index is 0.293. The fraction of sp³-hybridized carbons (Fsp3) is 0.182. The number of hydrogen-bond donors (Lipinski definition) is 2. The Morgan fingerprint density at radius 1 is 1.39 bits per heavy atom. The Bertz CT molecular complexity index is 498. The van der Waals surface area contributed by atoms with Crippen LogP contribution in [-0.4, -0.2) is 22.6 Å². The second-order valence-corrected chi connectivity index (χ2v) is 4.19. The number of nitrogens with one attached hydrogen (secondary N) is 2. The number of urea groups is 1. The van der Waals surface area contributed by atoms with Crippen molar-refractivity contribution in [1.29, 1.82) is 0 Å². The molecular weight excluding hydrogens is 252 g/mol. The van der Waals surface area contributed by atoms with Crippen molar-refractivity contribution in [2.45, 2.75) is 6.92 Å². The van der Waals surface area contributed by atoms with E-state index in [1.54, 1.807) is 0 Å². The number of aromatic nitrogens is 2. The molecule has 7 heteroatoms. The van der Waals surface area contributed by atoms with Crippen molar-refractivity contribution in [2.75, 3.05) is 17.2 Å². The molecule has 6 nitrogen and oxygen atoms in total. The number of nitrogens with zero attached hydrogens (tertiary/aromatic N) is 2. The van der Waals surface area contributed by atoms with Crippen LogP contribution >= 0.6 is 11.3 Å². The number of amides is 2. The van der Waals surface area contributed by atoms with E-state index in [0.717, 1.165) is 5.00 Å². The molecule has 0 radical (unpaired) electrons. The summed E-state index contributed by atoms with van der Waals surface area (Å²) >= 11 is 1.45. The van der Waals surface area contributed by atoms with E-state index in [9.17, 15) is 4.79 Å². The first kappa shape index (κ1) is 12.3.